The van der Waals surface area contributed by atoms with Crippen LogP contribution in [0.25, 0.3) is 11.0 Å². The Bertz CT molecular complexity index is 640. The maximum atomic E-state index is 13.7. The predicted octanol–water partition coefficient (Wildman–Crippen LogP) is 3.87. The van der Waals surface area contributed by atoms with Crippen molar-refractivity contribution in [1.82, 2.24) is 9.55 Å². The molecule has 3 nitrogen and oxygen atoms in total. The molecule has 0 spiro atoms. The summed E-state index contributed by atoms with van der Waals surface area (Å²) < 4.78 is 34.5. The lowest BCUT2D eigenvalue weighted by Gasteiger charge is -2.08. The Morgan fingerprint density at radius 2 is 2.14 bits per heavy atom. The highest BCUT2D eigenvalue weighted by molar-refractivity contribution is 6.16. The van der Waals surface area contributed by atoms with E-state index in [0.717, 1.165) is 25.0 Å². The molecule has 0 unspecified atom stereocenters. The lowest BCUT2D eigenvalue weighted by atomic mass is 10.3. The van der Waals surface area contributed by atoms with E-state index in [1.165, 1.54) is 18.9 Å². The zero-order valence-electron chi connectivity index (χ0n) is 11.6. The van der Waals surface area contributed by atoms with Gasteiger partial charge in [-0.05, 0) is 31.2 Å². The van der Waals surface area contributed by atoms with Crippen molar-refractivity contribution >= 4 is 22.6 Å². The van der Waals surface area contributed by atoms with Crippen LogP contribution in [-0.4, -0.2) is 22.8 Å². The smallest absolute Gasteiger partial charge is 0.153 e. The molecule has 1 aliphatic rings. The predicted molar refractivity (Wildman–Crippen MR) is 77.4 cm³/mol. The number of hydrogen-bond donors (Lipinski definition) is 0. The van der Waals surface area contributed by atoms with Crippen LogP contribution >= 0.6 is 11.6 Å². The van der Waals surface area contributed by atoms with Gasteiger partial charge in [-0.1, -0.05) is 0 Å². The molecule has 1 saturated carbocycles. The fourth-order valence-electron chi connectivity index (χ4n) is 2.41. The lowest BCUT2D eigenvalue weighted by Crippen LogP contribution is -2.07. The Morgan fingerprint density at radius 3 is 2.86 bits per heavy atom. The third kappa shape index (κ3) is 3.35. The molecule has 0 N–H and O–H groups in total. The van der Waals surface area contributed by atoms with Crippen LogP contribution in [0.3, 0.4) is 0 Å². The van der Waals surface area contributed by atoms with Crippen LogP contribution in [0.15, 0.2) is 12.1 Å². The highest BCUT2D eigenvalue weighted by Crippen LogP contribution is 2.28. The summed E-state index contributed by atoms with van der Waals surface area (Å²) >= 11 is 5.85. The molecule has 0 bridgehead atoms. The molecular weight excluding hydrogens is 298 g/mol. The summed E-state index contributed by atoms with van der Waals surface area (Å²) in [4.78, 5) is 4.16. The van der Waals surface area contributed by atoms with E-state index in [4.69, 9.17) is 16.3 Å². The highest BCUT2D eigenvalue weighted by atomic mass is 35.5. The normalized spacial score (nSPS) is 15.0. The monoisotopic (exact) mass is 314 g/mol. The van der Waals surface area contributed by atoms with Gasteiger partial charge in [0.15, 0.2) is 5.82 Å². The van der Waals surface area contributed by atoms with Crippen molar-refractivity contribution in [2.75, 3.05) is 13.2 Å². The zero-order valence-corrected chi connectivity index (χ0v) is 12.4. The van der Waals surface area contributed by atoms with Crippen LogP contribution < -0.4 is 0 Å². The topological polar surface area (TPSA) is 27.1 Å². The summed E-state index contributed by atoms with van der Waals surface area (Å²) in [5.41, 5.74) is 0.622. The summed E-state index contributed by atoms with van der Waals surface area (Å²) in [5.74, 6) is 0.199. The van der Waals surface area contributed by atoms with Crippen molar-refractivity contribution < 1.29 is 13.5 Å². The third-order valence-electron chi connectivity index (χ3n) is 3.69. The van der Waals surface area contributed by atoms with Gasteiger partial charge in [-0.15, -0.1) is 11.6 Å². The summed E-state index contributed by atoms with van der Waals surface area (Å²) in [5, 5.41) is 0. The van der Waals surface area contributed by atoms with Gasteiger partial charge in [0, 0.05) is 25.8 Å². The van der Waals surface area contributed by atoms with Gasteiger partial charge in [0.2, 0.25) is 0 Å². The van der Waals surface area contributed by atoms with Crippen molar-refractivity contribution in [1.29, 1.82) is 0 Å². The minimum absolute atomic E-state index is 0.165. The van der Waals surface area contributed by atoms with Crippen molar-refractivity contribution in [3.63, 3.8) is 0 Å². The highest BCUT2D eigenvalue weighted by Gasteiger charge is 2.21. The molecule has 0 amide bonds. The summed E-state index contributed by atoms with van der Waals surface area (Å²) in [6.07, 6.45) is 3.29. The largest absolute Gasteiger partial charge is 0.381 e. The molecular formula is C15H17ClF2N2O. The standard InChI is InChI=1S/C15H17ClF2N2O/c16-8-14-19-15-12(18)6-11(17)7-13(15)20(14)4-1-5-21-9-10-2-3-10/h6-7,10H,1-5,8-9H2. The molecule has 21 heavy (non-hydrogen) atoms. The van der Waals surface area contributed by atoms with Gasteiger partial charge in [-0.2, -0.15) is 0 Å². The van der Waals surface area contributed by atoms with Gasteiger partial charge >= 0.3 is 0 Å². The molecule has 0 saturated heterocycles. The van der Waals surface area contributed by atoms with Crippen LogP contribution in [-0.2, 0) is 17.2 Å². The van der Waals surface area contributed by atoms with Gasteiger partial charge in [0.05, 0.1) is 11.4 Å². The van der Waals surface area contributed by atoms with Gasteiger partial charge in [-0.3, -0.25) is 0 Å². The second-order valence-electron chi connectivity index (χ2n) is 5.44. The first-order valence-corrected chi connectivity index (χ1v) is 7.70. The number of alkyl halides is 1. The van der Waals surface area contributed by atoms with E-state index < -0.39 is 11.6 Å². The Labute approximate surface area is 126 Å². The Kier molecular flexibility index (Phi) is 4.40. The molecule has 114 valence electrons. The number of imidazole rings is 1. The molecule has 0 radical (unpaired) electrons. The van der Waals surface area contributed by atoms with Crippen LogP contribution in [0, 0.1) is 17.6 Å². The number of halogens is 3. The first kappa shape index (κ1) is 14.7. The maximum absolute atomic E-state index is 13.7. The average Bonchev–Trinajstić information content (AvgIpc) is 3.20. The number of ether oxygens (including phenoxy) is 1. The molecule has 1 fully saturated rings. The number of rotatable bonds is 7. The fourth-order valence-corrected chi connectivity index (χ4v) is 2.61. The van der Waals surface area contributed by atoms with Crippen LogP contribution in [0.4, 0.5) is 8.78 Å². The molecule has 1 aromatic heterocycles. The van der Waals surface area contributed by atoms with Gasteiger partial charge in [0.1, 0.15) is 17.2 Å². The van der Waals surface area contributed by atoms with Crippen LogP contribution in [0.1, 0.15) is 25.1 Å². The maximum Gasteiger partial charge on any atom is 0.153 e. The van der Waals surface area contributed by atoms with Gasteiger partial charge in [-0.25, -0.2) is 13.8 Å². The number of fused-ring (bicyclic) bond motifs is 1. The minimum atomic E-state index is -0.653. The number of hydrogen-bond acceptors (Lipinski definition) is 2. The first-order valence-electron chi connectivity index (χ1n) is 7.17. The minimum Gasteiger partial charge on any atom is -0.381 e. The van der Waals surface area contributed by atoms with Crippen molar-refractivity contribution in [2.45, 2.75) is 31.7 Å². The molecule has 1 aliphatic carbocycles. The van der Waals surface area contributed by atoms with Crippen molar-refractivity contribution in [3.05, 3.63) is 29.6 Å². The Balaban J connectivity index is 1.72. The van der Waals surface area contributed by atoms with E-state index in [2.05, 4.69) is 4.98 Å². The van der Waals surface area contributed by atoms with Crippen LogP contribution in [0.5, 0.6) is 0 Å². The number of aryl methyl sites for hydroxylation is 1. The van der Waals surface area contributed by atoms with E-state index in [0.29, 0.717) is 24.5 Å². The fraction of sp³-hybridized carbons (Fsp3) is 0.533. The summed E-state index contributed by atoms with van der Waals surface area (Å²) in [6, 6.07) is 2.14. The zero-order chi connectivity index (χ0) is 14.8. The molecule has 0 atom stereocenters. The van der Waals surface area contributed by atoms with Gasteiger partial charge < -0.3 is 9.30 Å². The lowest BCUT2D eigenvalue weighted by molar-refractivity contribution is 0.119. The summed E-state index contributed by atoms with van der Waals surface area (Å²) in [7, 11) is 0. The molecule has 1 heterocycles. The Morgan fingerprint density at radius 1 is 1.33 bits per heavy atom. The molecule has 6 heteroatoms. The van der Waals surface area contributed by atoms with E-state index >= 15 is 0 Å². The second kappa shape index (κ2) is 6.28. The first-order chi connectivity index (χ1) is 10.2. The molecule has 2 aromatic rings. The SMILES string of the molecule is Fc1cc(F)c2nc(CCl)n(CCCOCC3CC3)c2c1. The quantitative estimate of drug-likeness (QED) is 0.573. The average molecular weight is 315 g/mol. The number of aromatic nitrogens is 2. The Hall–Kier alpha value is -1.20. The van der Waals surface area contributed by atoms with Crippen LogP contribution in [0.2, 0.25) is 0 Å². The number of benzene rings is 1. The molecule has 0 aliphatic heterocycles. The third-order valence-corrected chi connectivity index (χ3v) is 3.93. The van der Waals surface area contributed by atoms with Gasteiger partial charge in [0.25, 0.3) is 0 Å². The van der Waals surface area contributed by atoms with E-state index in [1.807, 2.05) is 0 Å². The molecule has 1 aromatic carbocycles. The summed E-state index contributed by atoms with van der Waals surface area (Å²) in [6.45, 7) is 2.04. The van der Waals surface area contributed by atoms with Crippen molar-refractivity contribution in [2.24, 2.45) is 5.92 Å². The molecule has 3 rings (SSSR count). The number of nitrogens with zero attached hydrogens (tertiary/aromatic N) is 2. The second-order valence-corrected chi connectivity index (χ2v) is 5.71. The van der Waals surface area contributed by atoms with Crippen molar-refractivity contribution in [3.8, 4) is 0 Å². The van der Waals surface area contributed by atoms with E-state index in [-0.39, 0.29) is 11.4 Å². The van der Waals surface area contributed by atoms with E-state index in [1.54, 1.807) is 4.57 Å². The van der Waals surface area contributed by atoms with E-state index in [9.17, 15) is 8.78 Å².